The van der Waals surface area contributed by atoms with E-state index < -0.39 is 5.60 Å². The first-order valence-electron chi connectivity index (χ1n) is 5.64. The quantitative estimate of drug-likeness (QED) is 0.681. The van der Waals surface area contributed by atoms with Crippen LogP contribution in [0, 0.1) is 0 Å². The lowest BCUT2D eigenvalue weighted by Crippen LogP contribution is -2.37. The summed E-state index contributed by atoms with van der Waals surface area (Å²) in [7, 11) is 3.11. The van der Waals surface area contributed by atoms with Gasteiger partial charge in [0.05, 0.1) is 20.1 Å². The average Bonchev–Trinajstić information content (AvgIpc) is 2.14. The fourth-order valence-corrected chi connectivity index (χ4v) is 1.20. The molecule has 0 radical (unpaired) electrons. The van der Waals surface area contributed by atoms with Crippen LogP contribution in [0.3, 0.4) is 0 Å². The molecule has 0 amide bonds. The molecule has 0 aromatic carbocycles. The summed E-state index contributed by atoms with van der Waals surface area (Å²) < 4.78 is 9.77. The number of likely N-dealkylation sites (N-methyl/N-ethyl adjacent to an activating group) is 1. The van der Waals surface area contributed by atoms with Gasteiger partial charge in [-0.05, 0) is 34.7 Å². The van der Waals surface area contributed by atoms with Crippen LogP contribution < -0.4 is 0 Å². The van der Waals surface area contributed by atoms with Crippen LogP contribution in [0.15, 0.2) is 0 Å². The maximum atomic E-state index is 11.6. The van der Waals surface area contributed by atoms with Gasteiger partial charge in [0.2, 0.25) is 0 Å². The number of nitrogens with zero attached hydrogens (tertiary/aromatic N) is 1. The molecule has 0 rings (SSSR count). The van der Waals surface area contributed by atoms with Gasteiger partial charge in [-0.1, -0.05) is 0 Å². The minimum atomic E-state index is -0.474. The molecular formula is C12H23NO4. The minimum absolute atomic E-state index is 0.0658. The molecule has 100 valence electrons. The highest BCUT2D eigenvalue weighted by molar-refractivity contribution is 5.72. The third-order valence-corrected chi connectivity index (χ3v) is 2.24. The molecule has 0 fully saturated rings. The smallest absolute Gasteiger partial charge is 0.319 e. The van der Waals surface area contributed by atoms with Gasteiger partial charge >= 0.3 is 11.9 Å². The molecule has 0 aliphatic rings. The van der Waals surface area contributed by atoms with Crippen molar-refractivity contribution in [3.63, 3.8) is 0 Å². The van der Waals surface area contributed by atoms with Crippen LogP contribution in [0.2, 0.25) is 0 Å². The number of rotatable bonds is 5. The number of hydrogen-bond donors (Lipinski definition) is 0. The van der Waals surface area contributed by atoms with Gasteiger partial charge in [0.15, 0.2) is 0 Å². The molecule has 0 saturated carbocycles. The first-order chi connectivity index (χ1) is 7.65. The summed E-state index contributed by atoms with van der Waals surface area (Å²) in [5.74, 6) is -0.578. The van der Waals surface area contributed by atoms with E-state index in [4.69, 9.17) is 4.74 Å². The van der Waals surface area contributed by atoms with E-state index in [1.54, 1.807) is 11.9 Å². The summed E-state index contributed by atoms with van der Waals surface area (Å²) in [5, 5.41) is 0. The summed E-state index contributed by atoms with van der Waals surface area (Å²) in [6.07, 6.45) is 0.255. The van der Waals surface area contributed by atoms with E-state index in [9.17, 15) is 9.59 Å². The maximum Gasteiger partial charge on any atom is 0.319 e. The minimum Gasteiger partial charge on any atom is -0.468 e. The number of methoxy groups -OCH3 is 1. The van der Waals surface area contributed by atoms with Gasteiger partial charge in [-0.15, -0.1) is 0 Å². The molecule has 5 heteroatoms. The summed E-state index contributed by atoms with van der Waals surface area (Å²) in [4.78, 5) is 24.4. The van der Waals surface area contributed by atoms with Crippen molar-refractivity contribution in [2.75, 3.05) is 20.7 Å². The van der Waals surface area contributed by atoms with Gasteiger partial charge in [-0.3, -0.25) is 14.5 Å². The van der Waals surface area contributed by atoms with Crippen LogP contribution in [0.4, 0.5) is 0 Å². The molecule has 0 aliphatic heterocycles. The fourth-order valence-electron chi connectivity index (χ4n) is 1.20. The van der Waals surface area contributed by atoms with Crippen LogP contribution in [-0.4, -0.2) is 49.2 Å². The van der Waals surface area contributed by atoms with Crippen LogP contribution in [-0.2, 0) is 19.1 Å². The van der Waals surface area contributed by atoms with E-state index in [1.165, 1.54) is 7.11 Å². The molecule has 0 aliphatic carbocycles. The molecule has 0 spiro atoms. The van der Waals surface area contributed by atoms with Crippen molar-refractivity contribution in [1.29, 1.82) is 0 Å². The van der Waals surface area contributed by atoms with E-state index >= 15 is 0 Å². The Morgan fingerprint density at radius 1 is 1.24 bits per heavy atom. The highest BCUT2D eigenvalue weighted by atomic mass is 16.6. The molecule has 0 heterocycles. The molecule has 0 N–H and O–H groups in total. The molecule has 0 aromatic heterocycles. The van der Waals surface area contributed by atoms with Crippen molar-refractivity contribution in [3.8, 4) is 0 Å². The lowest BCUT2D eigenvalue weighted by molar-refractivity contribution is -0.156. The Labute approximate surface area is 103 Å². The van der Waals surface area contributed by atoms with Gasteiger partial charge in [0, 0.05) is 6.04 Å². The van der Waals surface area contributed by atoms with Crippen molar-refractivity contribution in [2.45, 2.75) is 45.8 Å². The Bertz CT molecular complexity index is 270. The van der Waals surface area contributed by atoms with Gasteiger partial charge < -0.3 is 9.47 Å². The van der Waals surface area contributed by atoms with Crippen LogP contribution in [0.25, 0.3) is 0 Å². The lowest BCUT2D eigenvalue weighted by Gasteiger charge is -2.25. The van der Waals surface area contributed by atoms with E-state index in [-0.39, 0.29) is 30.9 Å². The highest BCUT2D eigenvalue weighted by Gasteiger charge is 2.21. The SMILES string of the molecule is COC(=O)CN(C)[C@@H](C)CC(=O)OC(C)(C)C. The highest BCUT2D eigenvalue weighted by Crippen LogP contribution is 2.11. The molecule has 5 nitrogen and oxygen atoms in total. The number of ether oxygens (including phenoxy) is 2. The second-order valence-electron chi connectivity index (χ2n) is 5.13. The third-order valence-electron chi connectivity index (χ3n) is 2.24. The van der Waals surface area contributed by atoms with Crippen molar-refractivity contribution >= 4 is 11.9 Å². The zero-order valence-corrected chi connectivity index (χ0v) is 11.6. The second kappa shape index (κ2) is 6.59. The van der Waals surface area contributed by atoms with E-state index in [0.717, 1.165) is 0 Å². The standard InChI is InChI=1S/C12H23NO4/c1-9(13(5)8-11(15)16-6)7-10(14)17-12(2,3)4/h9H,7-8H2,1-6H3/t9-/m0/s1. The van der Waals surface area contributed by atoms with Gasteiger partial charge in [-0.25, -0.2) is 0 Å². The molecule has 17 heavy (non-hydrogen) atoms. The molecule has 0 unspecified atom stereocenters. The van der Waals surface area contributed by atoms with Crippen LogP contribution >= 0.6 is 0 Å². The fraction of sp³-hybridized carbons (Fsp3) is 0.833. The monoisotopic (exact) mass is 245 g/mol. The number of esters is 2. The number of carbonyl (C=O) groups excluding carboxylic acids is 2. The van der Waals surface area contributed by atoms with E-state index in [2.05, 4.69) is 4.74 Å². The summed E-state index contributed by atoms with van der Waals surface area (Å²) in [5.41, 5.74) is -0.474. The second-order valence-corrected chi connectivity index (χ2v) is 5.13. The topological polar surface area (TPSA) is 55.8 Å². The Kier molecular flexibility index (Phi) is 6.16. The first-order valence-corrected chi connectivity index (χ1v) is 5.64. The predicted molar refractivity (Wildman–Crippen MR) is 64.6 cm³/mol. The van der Waals surface area contributed by atoms with Crippen molar-refractivity contribution in [2.24, 2.45) is 0 Å². The first kappa shape index (κ1) is 15.9. The molecule has 0 saturated heterocycles. The zero-order chi connectivity index (χ0) is 13.6. The van der Waals surface area contributed by atoms with Crippen molar-refractivity contribution in [3.05, 3.63) is 0 Å². The third kappa shape index (κ3) is 7.74. The Hall–Kier alpha value is -1.10. The zero-order valence-electron chi connectivity index (χ0n) is 11.6. The van der Waals surface area contributed by atoms with Gasteiger partial charge in [0.25, 0.3) is 0 Å². The van der Waals surface area contributed by atoms with E-state index in [0.29, 0.717) is 0 Å². The lowest BCUT2D eigenvalue weighted by atomic mass is 10.1. The summed E-state index contributed by atoms with van der Waals surface area (Å²) >= 11 is 0. The van der Waals surface area contributed by atoms with Gasteiger partial charge in [0.1, 0.15) is 5.60 Å². The Balaban J connectivity index is 4.12. The normalized spacial score (nSPS) is 13.4. The molecular weight excluding hydrogens is 222 g/mol. The Morgan fingerprint density at radius 3 is 2.18 bits per heavy atom. The van der Waals surface area contributed by atoms with Crippen molar-refractivity contribution in [1.82, 2.24) is 4.90 Å². The van der Waals surface area contributed by atoms with Crippen LogP contribution in [0.1, 0.15) is 34.1 Å². The number of hydrogen-bond acceptors (Lipinski definition) is 5. The summed E-state index contributed by atoms with van der Waals surface area (Å²) in [6.45, 7) is 7.52. The molecule has 0 bridgehead atoms. The largest absolute Gasteiger partial charge is 0.468 e. The van der Waals surface area contributed by atoms with E-state index in [1.807, 2.05) is 27.7 Å². The maximum absolute atomic E-state index is 11.6. The average molecular weight is 245 g/mol. The van der Waals surface area contributed by atoms with Crippen molar-refractivity contribution < 1.29 is 19.1 Å². The summed E-state index contributed by atoms with van der Waals surface area (Å²) in [6, 6.07) is -0.0658. The van der Waals surface area contributed by atoms with Crippen LogP contribution in [0.5, 0.6) is 0 Å². The molecule has 0 aromatic rings. The molecule has 1 atom stereocenters. The Morgan fingerprint density at radius 2 is 1.76 bits per heavy atom. The van der Waals surface area contributed by atoms with Gasteiger partial charge in [-0.2, -0.15) is 0 Å². The number of carbonyl (C=O) groups is 2. The predicted octanol–water partition coefficient (Wildman–Crippen LogP) is 1.21.